The molecule has 0 saturated carbocycles. The fraction of sp³-hybridized carbons (Fsp3) is 0.417. The molecule has 2 heterocycles. The molecule has 0 saturated heterocycles. The molecule has 4 rings (SSSR count). The number of rotatable bonds is 8. The van der Waals surface area contributed by atoms with Crippen molar-refractivity contribution in [2.45, 2.75) is 85.4 Å². The highest BCUT2D eigenvalue weighted by Gasteiger charge is 2.24. The summed E-state index contributed by atoms with van der Waals surface area (Å²) in [4.78, 5) is 36.2. The highest BCUT2D eigenvalue weighted by Crippen LogP contribution is 2.26. The first-order valence-electron chi connectivity index (χ1n) is 15.6. The molecule has 3 N–H and O–H groups in total. The molecule has 48 heavy (non-hydrogen) atoms. The molecule has 1 unspecified atom stereocenters. The lowest BCUT2D eigenvalue weighted by Crippen LogP contribution is -2.25. The Hall–Kier alpha value is -3.99. The summed E-state index contributed by atoms with van der Waals surface area (Å²) in [5.74, 6) is -0.948. The van der Waals surface area contributed by atoms with E-state index in [4.69, 9.17) is 23.2 Å². The summed E-state index contributed by atoms with van der Waals surface area (Å²) in [7, 11) is 3.22. The van der Waals surface area contributed by atoms with Crippen LogP contribution < -0.4 is 10.6 Å². The number of Topliss-reactive ketones (excluding diaryl/α,β-unsaturated/α-hetero) is 1. The maximum atomic E-state index is 12.4. The van der Waals surface area contributed by atoms with Crippen molar-refractivity contribution in [3.8, 4) is 0 Å². The zero-order valence-corrected chi connectivity index (χ0v) is 30.8. The largest absolute Gasteiger partial charge is 0.387 e. The summed E-state index contributed by atoms with van der Waals surface area (Å²) in [6.45, 7) is 16.6. The number of aromatic nitrogens is 4. The smallest absolute Gasteiger partial charge is 0.271 e. The second kappa shape index (κ2) is 15.5. The van der Waals surface area contributed by atoms with E-state index in [1.165, 1.54) is 27.4 Å². The Labute approximate surface area is 292 Å². The Balaban J connectivity index is 0.000000260. The van der Waals surface area contributed by atoms with Crippen LogP contribution in [0.5, 0.6) is 0 Å². The molecule has 0 aliphatic rings. The second-order valence-electron chi connectivity index (χ2n) is 13.8. The Kier molecular flexibility index (Phi) is 12.4. The fourth-order valence-electron chi connectivity index (χ4n) is 4.78. The number of nitrogens with one attached hydrogen (secondary N) is 2. The summed E-state index contributed by atoms with van der Waals surface area (Å²) in [6, 6.07) is 16.3. The standard InChI is InChI=1S/C18H24ClN3O2.C18H22ClN3O2/c2*1-11(23)15-14(19)16(22(5)21-15)17(24)20-10-12-6-8-13(9-7-12)18(2,3)4/h6-9,11,23H,10H2,1-5H3,(H,20,24);6-9H,10H2,1-5H3,(H,20,24). The van der Waals surface area contributed by atoms with Crippen LogP contribution in [0.15, 0.2) is 48.5 Å². The minimum Gasteiger partial charge on any atom is -0.387 e. The SMILES string of the molecule is CC(=O)c1nn(C)c(C(=O)NCc2ccc(C(C)(C)C)cc2)c1Cl.CC(O)c1nn(C)c(C(=O)NCc2ccc(C(C)(C)C)cc2)c1Cl. The van der Waals surface area contributed by atoms with Crippen molar-refractivity contribution in [1.29, 1.82) is 0 Å². The third-order valence-electron chi connectivity index (χ3n) is 7.71. The van der Waals surface area contributed by atoms with Crippen molar-refractivity contribution in [1.82, 2.24) is 30.2 Å². The number of nitrogens with zero attached hydrogens (tertiary/aromatic N) is 4. The quantitative estimate of drug-likeness (QED) is 0.173. The van der Waals surface area contributed by atoms with Crippen LogP contribution in [0.3, 0.4) is 0 Å². The van der Waals surface area contributed by atoms with Crippen molar-refractivity contribution < 1.29 is 19.5 Å². The highest BCUT2D eigenvalue weighted by atomic mass is 35.5. The van der Waals surface area contributed by atoms with Gasteiger partial charge < -0.3 is 15.7 Å². The summed E-state index contributed by atoms with van der Waals surface area (Å²) in [5, 5.41) is 23.7. The number of aryl methyl sites for hydroxylation is 2. The number of benzene rings is 2. The molecule has 0 radical (unpaired) electrons. The predicted octanol–water partition coefficient (Wildman–Crippen LogP) is 6.86. The van der Waals surface area contributed by atoms with Crippen LogP contribution in [0.1, 0.15) is 121 Å². The van der Waals surface area contributed by atoms with E-state index < -0.39 is 6.10 Å². The summed E-state index contributed by atoms with van der Waals surface area (Å²) in [6.07, 6.45) is -0.824. The number of hydrogen-bond donors (Lipinski definition) is 3. The molecular weight excluding hydrogens is 651 g/mol. The number of aliphatic hydroxyl groups is 1. The van der Waals surface area contributed by atoms with Gasteiger partial charge in [0.2, 0.25) is 0 Å². The maximum Gasteiger partial charge on any atom is 0.271 e. The lowest BCUT2D eigenvalue weighted by atomic mass is 9.87. The van der Waals surface area contributed by atoms with Gasteiger partial charge in [-0.1, -0.05) is 113 Å². The van der Waals surface area contributed by atoms with Crippen molar-refractivity contribution in [3.05, 3.63) is 104 Å². The summed E-state index contributed by atoms with van der Waals surface area (Å²) in [5.41, 5.74) is 5.51. The van der Waals surface area contributed by atoms with Gasteiger partial charge in [0.15, 0.2) is 5.78 Å². The first-order chi connectivity index (χ1) is 22.2. The molecule has 0 fully saturated rings. The first kappa shape index (κ1) is 38.5. The van der Waals surface area contributed by atoms with Crippen LogP contribution in [0.4, 0.5) is 0 Å². The lowest BCUT2D eigenvalue weighted by molar-refractivity contribution is 0.0933. The molecule has 10 nitrogen and oxygen atoms in total. The van der Waals surface area contributed by atoms with Gasteiger partial charge in [0, 0.05) is 34.1 Å². The number of ketones is 1. The van der Waals surface area contributed by atoms with Crippen LogP contribution in [0.25, 0.3) is 0 Å². The molecule has 12 heteroatoms. The molecule has 0 aliphatic heterocycles. The zero-order chi connectivity index (χ0) is 36.1. The number of carbonyl (C=O) groups is 3. The van der Waals surface area contributed by atoms with E-state index in [1.54, 1.807) is 21.0 Å². The van der Waals surface area contributed by atoms with Crippen molar-refractivity contribution in [3.63, 3.8) is 0 Å². The first-order valence-corrected chi connectivity index (χ1v) is 16.4. The van der Waals surface area contributed by atoms with E-state index in [-0.39, 0.29) is 55.6 Å². The lowest BCUT2D eigenvalue weighted by Gasteiger charge is -2.19. The average molecular weight is 698 g/mol. The van der Waals surface area contributed by atoms with E-state index in [0.29, 0.717) is 18.8 Å². The molecule has 0 bridgehead atoms. The Morgan fingerprint density at radius 2 is 1.10 bits per heavy atom. The molecule has 2 aromatic carbocycles. The predicted molar refractivity (Wildman–Crippen MR) is 190 cm³/mol. The summed E-state index contributed by atoms with van der Waals surface area (Å²) < 4.78 is 2.72. The molecule has 2 aromatic heterocycles. The fourth-order valence-corrected chi connectivity index (χ4v) is 5.56. The average Bonchev–Trinajstić information content (AvgIpc) is 3.48. The van der Waals surface area contributed by atoms with Gasteiger partial charge in [0.25, 0.3) is 11.8 Å². The highest BCUT2D eigenvalue weighted by molar-refractivity contribution is 6.36. The van der Waals surface area contributed by atoms with Crippen LogP contribution in [0, 0.1) is 0 Å². The Bertz CT molecular complexity index is 1760. The van der Waals surface area contributed by atoms with Crippen LogP contribution in [0.2, 0.25) is 10.0 Å². The van der Waals surface area contributed by atoms with Crippen molar-refractivity contribution in [2.24, 2.45) is 14.1 Å². The topological polar surface area (TPSA) is 131 Å². The van der Waals surface area contributed by atoms with Crippen LogP contribution in [-0.4, -0.2) is 42.3 Å². The van der Waals surface area contributed by atoms with Gasteiger partial charge in [-0.2, -0.15) is 10.2 Å². The molecule has 0 aliphatic carbocycles. The van der Waals surface area contributed by atoms with Gasteiger partial charge in [0.1, 0.15) is 27.8 Å². The van der Waals surface area contributed by atoms with Gasteiger partial charge in [-0.15, -0.1) is 0 Å². The molecule has 1 atom stereocenters. The molecule has 0 spiro atoms. The van der Waals surface area contributed by atoms with Gasteiger partial charge >= 0.3 is 0 Å². The van der Waals surface area contributed by atoms with Gasteiger partial charge in [0.05, 0.1) is 11.1 Å². The van der Waals surface area contributed by atoms with E-state index in [1.807, 2.05) is 24.3 Å². The van der Waals surface area contributed by atoms with Crippen molar-refractivity contribution >= 4 is 40.8 Å². The minimum absolute atomic E-state index is 0.0885. The van der Waals surface area contributed by atoms with Gasteiger partial charge in [-0.25, -0.2) is 0 Å². The third kappa shape index (κ3) is 9.55. The number of aliphatic hydroxyl groups excluding tert-OH is 1. The Morgan fingerprint density at radius 1 is 0.729 bits per heavy atom. The second-order valence-corrected chi connectivity index (χ2v) is 14.6. The van der Waals surface area contributed by atoms with Crippen molar-refractivity contribution in [2.75, 3.05) is 0 Å². The minimum atomic E-state index is -0.824. The van der Waals surface area contributed by atoms with Crippen LogP contribution in [-0.2, 0) is 38.0 Å². The maximum absolute atomic E-state index is 12.4. The number of amides is 2. The molecular formula is C36H46Cl2N6O4. The van der Waals surface area contributed by atoms with Crippen LogP contribution >= 0.6 is 23.2 Å². The van der Waals surface area contributed by atoms with E-state index in [2.05, 4.69) is 86.6 Å². The third-order valence-corrected chi connectivity index (χ3v) is 8.44. The van der Waals surface area contributed by atoms with E-state index in [0.717, 1.165) is 11.1 Å². The van der Waals surface area contributed by atoms with Gasteiger partial charge in [-0.3, -0.25) is 23.7 Å². The molecule has 4 aromatic rings. The molecule has 258 valence electrons. The zero-order valence-electron chi connectivity index (χ0n) is 29.3. The number of carbonyl (C=O) groups excluding carboxylic acids is 3. The van der Waals surface area contributed by atoms with Gasteiger partial charge in [-0.05, 0) is 40.0 Å². The monoisotopic (exact) mass is 696 g/mol. The Morgan fingerprint density at radius 3 is 1.42 bits per heavy atom. The summed E-state index contributed by atoms with van der Waals surface area (Å²) >= 11 is 12.3. The normalized spacial score (nSPS) is 12.2. The molecule has 2 amide bonds. The number of halogens is 2. The van der Waals surface area contributed by atoms with E-state index >= 15 is 0 Å². The number of hydrogen-bond acceptors (Lipinski definition) is 6. The van der Waals surface area contributed by atoms with E-state index in [9.17, 15) is 19.5 Å².